The molecule has 1 aliphatic heterocycles. The zero-order chi connectivity index (χ0) is 19.7. The third-order valence-corrected chi connectivity index (χ3v) is 5.18. The van der Waals surface area contributed by atoms with E-state index in [4.69, 9.17) is 4.74 Å². The lowest BCUT2D eigenvalue weighted by Gasteiger charge is -2.19. The largest absolute Gasteiger partial charge is 0.472 e. The lowest BCUT2D eigenvalue weighted by Crippen LogP contribution is -2.32. The number of aromatic nitrogens is 2. The van der Waals surface area contributed by atoms with Gasteiger partial charge in [-0.05, 0) is 43.4 Å². The molecule has 2 aliphatic rings. The highest BCUT2D eigenvalue weighted by Crippen LogP contribution is 2.29. The van der Waals surface area contributed by atoms with Crippen LogP contribution in [0.3, 0.4) is 0 Å². The summed E-state index contributed by atoms with van der Waals surface area (Å²) in [6.07, 6.45) is 0.792. The zero-order valence-electron chi connectivity index (χ0n) is 15.2. The number of hydrogen-bond acceptors (Lipinski definition) is 4. The first-order chi connectivity index (χ1) is 13.4. The van der Waals surface area contributed by atoms with Crippen LogP contribution in [-0.4, -0.2) is 40.0 Å². The van der Waals surface area contributed by atoms with Crippen molar-refractivity contribution in [2.24, 2.45) is 0 Å². The molecule has 0 spiro atoms. The van der Waals surface area contributed by atoms with Gasteiger partial charge >= 0.3 is 6.18 Å². The van der Waals surface area contributed by atoms with E-state index in [0.717, 1.165) is 43.6 Å². The van der Waals surface area contributed by atoms with Gasteiger partial charge in [-0.3, -0.25) is 4.79 Å². The fourth-order valence-electron chi connectivity index (χ4n) is 3.66. The van der Waals surface area contributed by atoms with Crippen molar-refractivity contribution in [3.63, 3.8) is 0 Å². The van der Waals surface area contributed by atoms with E-state index in [1.807, 2.05) is 6.07 Å². The Balaban J connectivity index is 1.38. The maximum Gasteiger partial charge on any atom is 0.417 e. The molecule has 1 unspecified atom stereocenters. The topological polar surface area (TPSA) is 55.3 Å². The van der Waals surface area contributed by atoms with Crippen LogP contribution in [0.4, 0.5) is 13.2 Å². The number of likely N-dealkylation sites (tertiary alicyclic amines) is 1. The van der Waals surface area contributed by atoms with Gasteiger partial charge in [-0.1, -0.05) is 6.07 Å². The number of hydrogen-bond donors (Lipinski definition) is 0. The van der Waals surface area contributed by atoms with E-state index in [1.165, 1.54) is 11.6 Å². The fourth-order valence-corrected chi connectivity index (χ4v) is 3.66. The van der Waals surface area contributed by atoms with Crippen LogP contribution < -0.4 is 4.74 Å². The molecule has 0 N–H and O–H groups in total. The summed E-state index contributed by atoms with van der Waals surface area (Å²) >= 11 is 0. The molecule has 3 heterocycles. The average molecular weight is 391 g/mol. The Morgan fingerprint density at radius 2 is 1.96 bits per heavy atom. The van der Waals surface area contributed by atoms with Crippen LogP contribution in [0.15, 0.2) is 30.5 Å². The standard InChI is InChI=1S/C20H20F3N3O2/c21-20(22,23)14-6-8-18(24-11-14)28-15-9-10-26(12-15)19(27)17-7-5-13-3-1-2-4-16(13)25-17/h5-8,11,15H,1-4,9-10,12H2. The molecule has 2 aromatic rings. The summed E-state index contributed by atoms with van der Waals surface area (Å²) < 4.78 is 43.5. The molecule has 5 nitrogen and oxygen atoms in total. The van der Waals surface area contributed by atoms with Gasteiger partial charge in [0.05, 0.1) is 12.1 Å². The van der Waals surface area contributed by atoms with Crippen molar-refractivity contribution >= 4 is 5.91 Å². The smallest absolute Gasteiger partial charge is 0.417 e. The van der Waals surface area contributed by atoms with E-state index in [-0.39, 0.29) is 17.9 Å². The van der Waals surface area contributed by atoms with E-state index >= 15 is 0 Å². The van der Waals surface area contributed by atoms with E-state index in [2.05, 4.69) is 9.97 Å². The molecule has 28 heavy (non-hydrogen) atoms. The van der Waals surface area contributed by atoms with Gasteiger partial charge in [-0.2, -0.15) is 13.2 Å². The van der Waals surface area contributed by atoms with Crippen molar-refractivity contribution in [2.75, 3.05) is 13.1 Å². The first kappa shape index (κ1) is 18.7. The number of halogens is 3. The molecule has 0 saturated carbocycles. The molecular formula is C20H20F3N3O2. The molecule has 0 aromatic carbocycles. The molecule has 0 radical (unpaired) electrons. The van der Waals surface area contributed by atoms with Gasteiger partial charge in [-0.25, -0.2) is 9.97 Å². The maximum absolute atomic E-state index is 12.8. The Morgan fingerprint density at radius 3 is 2.71 bits per heavy atom. The summed E-state index contributed by atoms with van der Waals surface area (Å²) in [6.45, 7) is 0.878. The number of aryl methyl sites for hydroxylation is 2. The van der Waals surface area contributed by atoms with E-state index < -0.39 is 11.7 Å². The summed E-state index contributed by atoms with van der Waals surface area (Å²) in [7, 11) is 0. The molecule has 1 aliphatic carbocycles. The molecule has 8 heteroatoms. The van der Waals surface area contributed by atoms with Crippen LogP contribution in [0.5, 0.6) is 5.88 Å². The number of rotatable bonds is 3. The quantitative estimate of drug-likeness (QED) is 0.801. The predicted octanol–water partition coefficient (Wildman–Crippen LogP) is 3.67. The Kier molecular flexibility index (Phi) is 4.95. The van der Waals surface area contributed by atoms with E-state index in [1.54, 1.807) is 11.0 Å². The second-order valence-corrected chi connectivity index (χ2v) is 7.17. The SMILES string of the molecule is O=C(c1ccc2c(n1)CCCC2)N1CCC(Oc2ccc(C(F)(F)F)cn2)C1. The monoisotopic (exact) mass is 391 g/mol. The second kappa shape index (κ2) is 7.41. The molecule has 148 valence electrons. The van der Waals surface area contributed by atoms with Gasteiger partial charge in [0, 0.05) is 30.9 Å². The minimum atomic E-state index is -4.43. The fraction of sp³-hybridized carbons (Fsp3) is 0.450. The third-order valence-electron chi connectivity index (χ3n) is 5.18. The lowest BCUT2D eigenvalue weighted by atomic mass is 9.96. The molecule has 1 amide bonds. The Bertz CT molecular complexity index is 868. The summed E-state index contributed by atoms with van der Waals surface area (Å²) in [5.41, 5.74) is 1.85. The van der Waals surface area contributed by atoms with Crippen molar-refractivity contribution in [1.82, 2.24) is 14.9 Å². The number of carbonyl (C=O) groups excluding carboxylic acids is 1. The molecule has 1 atom stereocenters. The normalized spacial score (nSPS) is 19.4. The van der Waals surface area contributed by atoms with E-state index in [9.17, 15) is 18.0 Å². The number of amides is 1. The number of ether oxygens (including phenoxy) is 1. The van der Waals surface area contributed by atoms with Crippen molar-refractivity contribution in [1.29, 1.82) is 0 Å². The summed E-state index contributed by atoms with van der Waals surface area (Å²) in [5.74, 6) is -0.0148. The number of alkyl halides is 3. The number of pyridine rings is 2. The van der Waals surface area contributed by atoms with E-state index in [0.29, 0.717) is 25.2 Å². The molecule has 1 saturated heterocycles. The number of carbonyl (C=O) groups is 1. The zero-order valence-corrected chi connectivity index (χ0v) is 15.2. The van der Waals surface area contributed by atoms with Crippen molar-refractivity contribution < 1.29 is 22.7 Å². The molecule has 2 aromatic heterocycles. The first-order valence-corrected chi connectivity index (χ1v) is 9.38. The highest BCUT2D eigenvalue weighted by atomic mass is 19.4. The van der Waals surface area contributed by atoms with Gasteiger partial charge in [-0.15, -0.1) is 0 Å². The van der Waals surface area contributed by atoms with Gasteiger partial charge < -0.3 is 9.64 Å². The lowest BCUT2D eigenvalue weighted by molar-refractivity contribution is -0.137. The van der Waals surface area contributed by atoms with Crippen molar-refractivity contribution in [3.05, 3.63) is 53.0 Å². The van der Waals surface area contributed by atoms with Crippen LogP contribution >= 0.6 is 0 Å². The minimum Gasteiger partial charge on any atom is -0.472 e. The van der Waals surface area contributed by atoms with Crippen LogP contribution in [0.1, 0.15) is 46.6 Å². The summed E-state index contributed by atoms with van der Waals surface area (Å²) in [6, 6.07) is 5.92. The Labute approximate surface area is 160 Å². The third kappa shape index (κ3) is 3.95. The van der Waals surface area contributed by atoms with Crippen LogP contribution in [0, 0.1) is 0 Å². The first-order valence-electron chi connectivity index (χ1n) is 9.38. The highest BCUT2D eigenvalue weighted by Gasteiger charge is 2.32. The maximum atomic E-state index is 12.8. The Morgan fingerprint density at radius 1 is 1.14 bits per heavy atom. The molecular weight excluding hydrogens is 371 g/mol. The summed E-state index contributed by atoms with van der Waals surface area (Å²) in [4.78, 5) is 22.7. The molecule has 4 rings (SSSR count). The van der Waals surface area contributed by atoms with Gasteiger partial charge in [0.25, 0.3) is 5.91 Å². The van der Waals surface area contributed by atoms with Gasteiger partial charge in [0.2, 0.25) is 5.88 Å². The summed E-state index contributed by atoms with van der Waals surface area (Å²) in [5, 5.41) is 0. The van der Waals surface area contributed by atoms with Crippen molar-refractivity contribution in [2.45, 2.75) is 44.4 Å². The van der Waals surface area contributed by atoms with Gasteiger partial charge in [0.15, 0.2) is 0 Å². The molecule has 0 bridgehead atoms. The molecule has 1 fully saturated rings. The number of fused-ring (bicyclic) bond motifs is 1. The van der Waals surface area contributed by atoms with Crippen LogP contribution in [0.25, 0.3) is 0 Å². The Hall–Kier alpha value is -2.64. The predicted molar refractivity (Wildman–Crippen MR) is 95.1 cm³/mol. The highest BCUT2D eigenvalue weighted by molar-refractivity contribution is 5.92. The van der Waals surface area contributed by atoms with Crippen molar-refractivity contribution in [3.8, 4) is 5.88 Å². The second-order valence-electron chi connectivity index (χ2n) is 7.17. The van der Waals surface area contributed by atoms with Gasteiger partial charge in [0.1, 0.15) is 11.8 Å². The van der Waals surface area contributed by atoms with Crippen LogP contribution in [0.2, 0.25) is 0 Å². The van der Waals surface area contributed by atoms with Crippen LogP contribution in [-0.2, 0) is 19.0 Å². The minimum absolute atomic E-state index is 0.124. The average Bonchev–Trinajstić information content (AvgIpc) is 3.15. The number of nitrogens with zero attached hydrogens (tertiary/aromatic N) is 3.